The molecule has 27 heavy (non-hydrogen) atoms. The van der Waals surface area contributed by atoms with Gasteiger partial charge in [0.1, 0.15) is 5.75 Å². The van der Waals surface area contributed by atoms with Crippen molar-refractivity contribution in [3.63, 3.8) is 0 Å². The SMILES string of the molecule is O=C(CS(=O)(=O)Cc1cccc(Br)c1)NCC1(c2ccccc2)CCCC1. The standard InChI is InChI=1S/C21H24BrNO3S/c22-19-10-6-7-17(13-19)14-27(25,26)15-20(24)23-16-21(11-4-5-12-21)18-8-2-1-3-9-18/h1-3,6-10,13H,4-5,11-12,14-16H2,(H,23,24). The fourth-order valence-electron chi connectivity index (χ4n) is 3.86. The molecule has 0 spiro atoms. The fourth-order valence-corrected chi connectivity index (χ4v) is 5.60. The first-order chi connectivity index (χ1) is 12.9. The highest BCUT2D eigenvalue weighted by Gasteiger charge is 2.36. The maximum absolute atomic E-state index is 12.4. The quantitative estimate of drug-likeness (QED) is 0.694. The average Bonchev–Trinajstić information content (AvgIpc) is 3.10. The lowest BCUT2D eigenvalue weighted by atomic mass is 9.79. The lowest BCUT2D eigenvalue weighted by Gasteiger charge is -2.30. The second kappa shape index (κ2) is 8.57. The summed E-state index contributed by atoms with van der Waals surface area (Å²) in [6, 6.07) is 17.4. The summed E-state index contributed by atoms with van der Waals surface area (Å²) in [7, 11) is -3.51. The smallest absolute Gasteiger partial charge is 0.235 e. The normalized spacial score (nSPS) is 16.2. The fraction of sp³-hybridized carbons (Fsp3) is 0.381. The van der Waals surface area contributed by atoms with Gasteiger partial charge in [-0.25, -0.2) is 8.42 Å². The van der Waals surface area contributed by atoms with Gasteiger partial charge in [-0.05, 0) is 36.1 Å². The monoisotopic (exact) mass is 449 g/mol. The first-order valence-corrected chi connectivity index (χ1v) is 11.8. The Bertz CT molecular complexity index is 891. The van der Waals surface area contributed by atoms with Gasteiger partial charge in [-0.3, -0.25) is 4.79 Å². The molecule has 144 valence electrons. The minimum atomic E-state index is -3.51. The Morgan fingerprint density at radius 2 is 1.74 bits per heavy atom. The highest BCUT2D eigenvalue weighted by Crippen LogP contribution is 2.40. The van der Waals surface area contributed by atoms with Gasteiger partial charge in [0.25, 0.3) is 0 Å². The van der Waals surface area contributed by atoms with Crippen LogP contribution in [0.15, 0.2) is 59.1 Å². The molecule has 4 nitrogen and oxygen atoms in total. The van der Waals surface area contributed by atoms with Gasteiger partial charge in [-0.1, -0.05) is 71.2 Å². The second-order valence-corrected chi connectivity index (χ2v) is 10.3. The topological polar surface area (TPSA) is 63.2 Å². The molecule has 0 aliphatic heterocycles. The molecule has 0 aromatic heterocycles. The number of halogens is 1. The Balaban J connectivity index is 1.61. The lowest BCUT2D eigenvalue weighted by molar-refractivity contribution is -0.118. The van der Waals surface area contributed by atoms with Crippen molar-refractivity contribution in [2.75, 3.05) is 12.3 Å². The van der Waals surface area contributed by atoms with Crippen molar-refractivity contribution in [1.29, 1.82) is 0 Å². The third-order valence-corrected chi connectivity index (χ3v) is 7.17. The van der Waals surface area contributed by atoms with Crippen molar-refractivity contribution in [3.8, 4) is 0 Å². The molecule has 0 radical (unpaired) electrons. The Kier molecular flexibility index (Phi) is 6.37. The molecule has 3 rings (SSSR count). The van der Waals surface area contributed by atoms with Gasteiger partial charge in [-0.15, -0.1) is 0 Å². The van der Waals surface area contributed by atoms with E-state index in [4.69, 9.17) is 0 Å². The third kappa shape index (κ3) is 5.42. The highest BCUT2D eigenvalue weighted by atomic mass is 79.9. The van der Waals surface area contributed by atoms with Crippen molar-refractivity contribution in [2.45, 2.75) is 36.9 Å². The molecule has 1 N–H and O–H groups in total. The molecule has 1 amide bonds. The van der Waals surface area contributed by atoms with Gasteiger partial charge in [0.15, 0.2) is 9.84 Å². The van der Waals surface area contributed by atoms with Gasteiger partial charge in [0.05, 0.1) is 5.75 Å². The van der Waals surface area contributed by atoms with E-state index in [9.17, 15) is 13.2 Å². The molecule has 6 heteroatoms. The molecule has 0 atom stereocenters. The number of rotatable bonds is 7. The number of carbonyl (C=O) groups excluding carboxylic acids is 1. The summed E-state index contributed by atoms with van der Waals surface area (Å²) in [5.41, 5.74) is 1.82. The molecular formula is C21H24BrNO3S. The van der Waals surface area contributed by atoms with E-state index in [2.05, 4.69) is 33.4 Å². The van der Waals surface area contributed by atoms with E-state index in [0.29, 0.717) is 12.1 Å². The van der Waals surface area contributed by atoms with Crippen LogP contribution < -0.4 is 5.32 Å². The Hall–Kier alpha value is -1.66. The molecule has 1 aliphatic rings. The number of benzene rings is 2. The van der Waals surface area contributed by atoms with E-state index in [1.807, 2.05) is 24.3 Å². The summed E-state index contributed by atoms with van der Waals surface area (Å²) >= 11 is 3.34. The van der Waals surface area contributed by atoms with E-state index < -0.39 is 21.5 Å². The Morgan fingerprint density at radius 3 is 2.41 bits per heavy atom. The second-order valence-electron chi connectivity index (χ2n) is 7.29. The van der Waals surface area contributed by atoms with Crippen molar-refractivity contribution in [1.82, 2.24) is 5.32 Å². The first-order valence-electron chi connectivity index (χ1n) is 9.16. The van der Waals surface area contributed by atoms with Crippen LogP contribution in [0, 0.1) is 0 Å². The van der Waals surface area contributed by atoms with Gasteiger partial charge < -0.3 is 5.32 Å². The minimum Gasteiger partial charge on any atom is -0.354 e. The summed E-state index contributed by atoms with van der Waals surface area (Å²) in [5, 5.41) is 2.89. The number of amides is 1. The predicted molar refractivity (Wildman–Crippen MR) is 111 cm³/mol. The van der Waals surface area contributed by atoms with Gasteiger partial charge in [-0.2, -0.15) is 0 Å². The molecule has 0 unspecified atom stereocenters. The van der Waals surface area contributed by atoms with E-state index in [1.54, 1.807) is 18.2 Å². The van der Waals surface area contributed by atoms with Crippen LogP contribution in [-0.2, 0) is 25.8 Å². The Morgan fingerprint density at radius 1 is 1.04 bits per heavy atom. The molecule has 0 bridgehead atoms. The zero-order valence-corrected chi connectivity index (χ0v) is 17.6. The van der Waals surface area contributed by atoms with Crippen molar-refractivity contribution in [2.24, 2.45) is 0 Å². The molecule has 1 aliphatic carbocycles. The zero-order chi connectivity index (χ0) is 19.3. The van der Waals surface area contributed by atoms with Gasteiger partial charge in [0.2, 0.25) is 5.91 Å². The summed E-state index contributed by atoms with van der Waals surface area (Å²) in [5.74, 6) is -1.04. The summed E-state index contributed by atoms with van der Waals surface area (Å²) in [6.07, 6.45) is 4.29. The zero-order valence-electron chi connectivity index (χ0n) is 15.2. The number of hydrogen-bond donors (Lipinski definition) is 1. The first kappa shape index (κ1) is 20.1. The van der Waals surface area contributed by atoms with Gasteiger partial charge in [0, 0.05) is 16.4 Å². The molecule has 0 heterocycles. The molecule has 1 saturated carbocycles. The summed E-state index contributed by atoms with van der Waals surface area (Å²) in [6.45, 7) is 0.488. The van der Waals surface area contributed by atoms with Crippen LogP contribution in [0.3, 0.4) is 0 Å². The molecule has 2 aromatic rings. The van der Waals surface area contributed by atoms with E-state index >= 15 is 0 Å². The lowest BCUT2D eigenvalue weighted by Crippen LogP contribution is -2.41. The largest absolute Gasteiger partial charge is 0.354 e. The van der Waals surface area contributed by atoms with Crippen LogP contribution in [-0.4, -0.2) is 26.6 Å². The molecular weight excluding hydrogens is 426 g/mol. The maximum atomic E-state index is 12.4. The summed E-state index contributed by atoms with van der Waals surface area (Å²) in [4.78, 5) is 12.3. The van der Waals surface area contributed by atoms with E-state index in [1.165, 1.54) is 5.56 Å². The maximum Gasteiger partial charge on any atom is 0.235 e. The van der Waals surface area contributed by atoms with Crippen LogP contribution in [0.25, 0.3) is 0 Å². The highest BCUT2D eigenvalue weighted by molar-refractivity contribution is 9.10. The number of sulfone groups is 1. The molecule has 1 fully saturated rings. The van der Waals surface area contributed by atoms with Crippen LogP contribution in [0.4, 0.5) is 0 Å². The van der Waals surface area contributed by atoms with E-state index in [-0.39, 0.29) is 11.2 Å². The molecule has 2 aromatic carbocycles. The van der Waals surface area contributed by atoms with Crippen LogP contribution in [0.1, 0.15) is 36.8 Å². The van der Waals surface area contributed by atoms with Crippen molar-refractivity contribution >= 4 is 31.7 Å². The van der Waals surface area contributed by atoms with Gasteiger partial charge >= 0.3 is 0 Å². The van der Waals surface area contributed by atoms with Crippen LogP contribution in [0.5, 0.6) is 0 Å². The summed E-state index contributed by atoms with van der Waals surface area (Å²) < 4.78 is 25.6. The van der Waals surface area contributed by atoms with Crippen molar-refractivity contribution < 1.29 is 13.2 Å². The minimum absolute atomic E-state index is 0.0784. The van der Waals surface area contributed by atoms with Crippen LogP contribution >= 0.6 is 15.9 Å². The predicted octanol–water partition coefficient (Wildman–Crippen LogP) is 3.99. The van der Waals surface area contributed by atoms with Crippen molar-refractivity contribution in [3.05, 3.63) is 70.2 Å². The molecule has 0 saturated heterocycles. The number of nitrogens with one attached hydrogen (secondary N) is 1. The average molecular weight is 450 g/mol. The number of carbonyl (C=O) groups is 1. The Labute approximate surface area is 169 Å². The van der Waals surface area contributed by atoms with E-state index in [0.717, 1.165) is 30.2 Å². The van der Waals surface area contributed by atoms with Crippen LogP contribution in [0.2, 0.25) is 0 Å². The third-order valence-electron chi connectivity index (χ3n) is 5.20. The number of hydrogen-bond acceptors (Lipinski definition) is 3.